The van der Waals surface area contributed by atoms with Crippen LogP contribution in [0.25, 0.3) is 0 Å². The number of anilines is 1. The van der Waals surface area contributed by atoms with Crippen LogP contribution in [0.5, 0.6) is 0 Å². The lowest BCUT2D eigenvalue weighted by atomic mass is 10.3. The highest BCUT2D eigenvalue weighted by molar-refractivity contribution is 9.11. The molecule has 0 atom stereocenters. The SMILES string of the molecule is COCCN(CCO)S(=O)(=O)c1c(Br)cc(N)cc1Br. The van der Waals surface area contributed by atoms with Crippen molar-refractivity contribution in [3.8, 4) is 0 Å². The van der Waals surface area contributed by atoms with Crippen LogP contribution in [0, 0.1) is 0 Å². The zero-order valence-electron chi connectivity index (χ0n) is 10.8. The monoisotopic (exact) mass is 430 g/mol. The van der Waals surface area contributed by atoms with Gasteiger partial charge in [-0.25, -0.2) is 8.42 Å². The van der Waals surface area contributed by atoms with E-state index in [0.29, 0.717) is 14.6 Å². The number of aliphatic hydroxyl groups excluding tert-OH is 1. The highest BCUT2D eigenvalue weighted by Crippen LogP contribution is 2.34. The largest absolute Gasteiger partial charge is 0.399 e. The second-order valence-electron chi connectivity index (χ2n) is 3.93. The van der Waals surface area contributed by atoms with Crippen LogP contribution in [0.3, 0.4) is 0 Å². The fraction of sp³-hybridized carbons (Fsp3) is 0.455. The van der Waals surface area contributed by atoms with E-state index >= 15 is 0 Å². The van der Waals surface area contributed by atoms with E-state index in [9.17, 15) is 8.42 Å². The third-order valence-electron chi connectivity index (χ3n) is 2.51. The number of hydrogen-bond acceptors (Lipinski definition) is 5. The maximum absolute atomic E-state index is 12.6. The fourth-order valence-corrected chi connectivity index (χ4v) is 5.57. The molecule has 0 radical (unpaired) electrons. The molecule has 6 nitrogen and oxygen atoms in total. The molecule has 3 N–H and O–H groups in total. The maximum Gasteiger partial charge on any atom is 0.245 e. The van der Waals surface area contributed by atoms with Crippen molar-refractivity contribution in [2.24, 2.45) is 0 Å². The summed E-state index contributed by atoms with van der Waals surface area (Å²) in [7, 11) is -2.28. The molecule has 0 saturated carbocycles. The van der Waals surface area contributed by atoms with Crippen LogP contribution >= 0.6 is 31.9 Å². The summed E-state index contributed by atoms with van der Waals surface area (Å²) < 4.78 is 32.1. The van der Waals surface area contributed by atoms with E-state index < -0.39 is 10.0 Å². The summed E-state index contributed by atoms with van der Waals surface area (Å²) in [5.74, 6) is 0. The zero-order valence-corrected chi connectivity index (χ0v) is 14.8. The van der Waals surface area contributed by atoms with Gasteiger partial charge in [0.25, 0.3) is 0 Å². The van der Waals surface area contributed by atoms with Crippen molar-refractivity contribution in [1.82, 2.24) is 4.31 Å². The van der Waals surface area contributed by atoms with Crippen molar-refractivity contribution in [2.45, 2.75) is 4.90 Å². The summed E-state index contributed by atoms with van der Waals surface area (Å²) in [6.07, 6.45) is 0. The third-order valence-corrected chi connectivity index (χ3v) is 6.29. The van der Waals surface area contributed by atoms with Gasteiger partial charge in [0.1, 0.15) is 4.90 Å². The molecule has 114 valence electrons. The molecule has 9 heteroatoms. The Balaban J connectivity index is 3.26. The summed E-state index contributed by atoms with van der Waals surface area (Å²) in [6, 6.07) is 3.04. The van der Waals surface area contributed by atoms with E-state index in [4.69, 9.17) is 15.6 Å². The minimum absolute atomic E-state index is 0.00501. The molecule has 0 aromatic heterocycles. The average molecular weight is 432 g/mol. The summed E-state index contributed by atoms with van der Waals surface area (Å²) in [5.41, 5.74) is 6.10. The van der Waals surface area contributed by atoms with Crippen LogP contribution in [0.1, 0.15) is 0 Å². The lowest BCUT2D eigenvalue weighted by molar-refractivity contribution is 0.168. The lowest BCUT2D eigenvalue weighted by Crippen LogP contribution is -2.36. The van der Waals surface area contributed by atoms with Gasteiger partial charge in [0.15, 0.2) is 0 Å². The zero-order chi connectivity index (χ0) is 15.3. The van der Waals surface area contributed by atoms with E-state index in [0.717, 1.165) is 4.31 Å². The Kier molecular flexibility index (Phi) is 6.89. The molecule has 0 spiro atoms. The molecule has 0 aliphatic heterocycles. The molecule has 1 aromatic carbocycles. The Morgan fingerprint density at radius 1 is 1.30 bits per heavy atom. The number of sulfonamides is 1. The van der Waals surface area contributed by atoms with Crippen molar-refractivity contribution in [2.75, 3.05) is 39.1 Å². The van der Waals surface area contributed by atoms with E-state index in [-0.39, 0.29) is 31.2 Å². The second kappa shape index (κ2) is 7.71. The van der Waals surface area contributed by atoms with Crippen molar-refractivity contribution in [3.05, 3.63) is 21.1 Å². The summed E-state index contributed by atoms with van der Waals surface area (Å²) in [5, 5.41) is 9.04. The van der Waals surface area contributed by atoms with Gasteiger partial charge in [0, 0.05) is 34.8 Å². The normalized spacial score (nSPS) is 12.1. The molecule has 0 aliphatic carbocycles. The molecule has 0 aliphatic rings. The predicted molar refractivity (Wildman–Crippen MR) is 84.0 cm³/mol. The van der Waals surface area contributed by atoms with Gasteiger partial charge in [-0.2, -0.15) is 4.31 Å². The molecule has 0 fully saturated rings. The average Bonchev–Trinajstić information content (AvgIpc) is 2.32. The van der Waals surface area contributed by atoms with Gasteiger partial charge in [-0.3, -0.25) is 0 Å². The first-order chi connectivity index (χ1) is 9.34. The smallest absolute Gasteiger partial charge is 0.245 e. The van der Waals surface area contributed by atoms with Crippen LogP contribution in [0.2, 0.25) is 0 Å². The van der Waals surface area contributed by atoms with Gasteiger partial charge < -0.3 is 15.6 Å². The van der Waals surface area contributed by atoms with Crippen LogP contribution < -0.4 is 5.73 Å². The molecular formula is C11H16Br2N2O4S. The van der Waals surface area contributed by atoms with Crippen LogP contribution in [-0.2, 0) is 14.8 Å². The van der Waals surface area contributed by atoms with Crippen molar-refractivity contribution < 1.29 is 18.3 Å². The Hall–Kier alpha value is -0.190. The van der Waals surface area contributed by atoms with Gasteiger partial charge in [0.2, 0.25) is 10.0 Å². The number of nitrogen functional groups attached to an aromatic ring is 1. The Bertz CT molecular complexity index is 543. The first kappa shape index (κ1) is 17.9. The number of ether oxygens (including phenoxy) is 1. The highest BCUT2D eigenvalue weighted by atomic mass is 79.9. The molecule has 20 heavy (non-hydrogen) atoms. The number of aliphatic hydroxyl groups is 1. The molecule has 0 amide bonds. The lowest BCUT2D eigenvalue weighted by Gasteiger charge is -2.22. The predicted octanol–water partition coefficient (Wildman–Crippen LogP) is 1.42. The summed E-state index contributed by atoms with van der Waals surface area (Å²) in [4.78, 5) is 0.0799. The Labute approximate surface area is 135 Å². The summed E-state index contributed by atoms with van der Waals surface area (Å²) >= 11 is 6.42. The molecule has 1 rings (SSSR count). The third kappa shape index (κ3) is 4.15. The van der Waals surface area contributed by atoms with Gasteiger partial charge in [0.05, 0.1) is 13.2 Å². The summed E-state index contributed by atoms with van der Waals surface area (Å²) in [6.45, 7) is 0.119. The van der Waals surface area contributed by atoms with E-state index in [1.165, 1.54) is 19.2 Å². The second-order valence-corrected chi connectivity index (χ2v) is 7.52. The highest BCUT2D eigenvalue weighted by Gasteiger charge is 2.28. The van der Waals surface area contributed by atoms with Gasteiger partial charge in [-0.05, 0) is 44.0 Å². The van der Waals surface area contributed by atoms with Crippen molar-refractivity contribution in [1.29, 1.82) is 0 Å². The number of halogens is 2. The van der Waals surface area contributed by atoms with E-state index in [1.54, 1.807) is 0 Å². The fourth-order valence-electron chi connectivity index (χ4n) is 1.61. The topological polar surface area (TPSA) is 92.9 Å². The maximum atomic E-state index is 12.6. The number of rotatable bonds is 7. The van der Waals surface area contributed by atoms with Gasteiger partial charge >= 0.3 is 0 Å². The molecular weight excluding hydrogens is 416 g/mol. The number of nitrogens with two attached hydrogens (primary N) is 1. The van der Waals surface area contributed by atoms with Crippen LogP contribution in [-0.4, -0.2) is 51.2 Å². The van der Waals surface area contributed by atoms with Gasteiger partial charge in [-0.1, -0.05) is 0 Å². The minimum atomic E-state index is -3.77. The molecule has 1 aromatic rings. The Morgan fingerprint density at radius 2 is 1.85 bits per heavy atom. The standard InChI is InChI=1S/C11H16Br2N2O4S/c1-19-5-3-15(2-4-16)20(17,18)11-9(12)6-8(14)7-10(11)13/h6-7,16H,2-5,14H2,1H3. The number of methoxy groups -OCH3 is 1. The minimum Gasteiger partial charge on any atom is -0.399 e. The number of hydrogen-bond donors (Lipinski definition) is 2. The van der Waals surface area contributed by atoms with Crippen LogP contribution in [0.4, 0.5) is 5.69 Å². The molecule has 0 unspecified atom stereocenters. The van der Waals surface area contributed by atoms with E-state index in [2.05, 4.69) is 31.9 Å². The van der Waals surface area contributed by atoms with Crippen molar-refractivity contribution in [3.63, 3.8) is 0 Å². The molecule has 0 saturated heterocycles. The number of nitrogens with zero attached hydrogens (tertiary/aromatic N) is 1. The van der Waals surface area contributed by atoms with Crippen LogP contribution in [0.15, 0.2) is 26.0 Å². The van der Waals surface area contributed by atoms with Gasteiger partial charge in [-0.15, -0.1) is 0 Å². The molecule has 0 bridgehead atoms. The quantitative estimate of drug-likeness (QED) is 0.637. The van der Waals surface area contributed by atoms with Crippen molar-refractivity contribution >= 4 is 47.6 Å². The molecule has 0 heterocycles. The Morgan fingerprint density at radius 3 is 2.30 bits per heavy atom. The number of benzene rings is 1. The van der Waals surface area contributed by atoms with E-state index in [1.807, 2.05) is 0 Å². The first-order valence-corrected chi connectivity index (χ1v) is 8.71. The first-order valence-electron chi connectivity index (χ1n) is 5.69.